The van der Waals surface area contributed by atoms with Crippen LogP contribution in [0.1, 0.15) is 11.5 Å². The van der Waals surface area contributed by atoms with E-state index in [9.17, 15) is 4.79 Å². The van der Waals surface area contributed by atoms with Crippen molar-refractivity contribution < 1.29 is 9.21 Å². The zero-order chi connectivity index (χ0) is 18.5. The molecule has 1 N–H and O–H groups in total. The normalized spacial score (nSPS) is 10.8. The van der Waals surface area contributed by atoms with Crippen LogP contribution in [0, 0.1) is 6.92 Å². The summed E-state index contributed by atoms with van der Waals surface area (Å²) in [7, 11) is 1.88. The van der Waals surface area contributed by atoms with E-state index >= 15 is 0 Å². The number of thioether (sulfide) groups is 1. The Kier molecular flexibility index (Phi) is 5.57. The Balaban J connectivity index is 1.86. The van der Waals surface area contributed by atoms with Crippen molar-refractivity contribution in [3.8, 4) is 11.5 Å². The summed E-state index contributed by atoms with van der Waals surface area (Å²) in [5.41, 5.74) is 1.75. The molecule has 0 aliphatic rings. The van der Waals surface area contributed by atoms with E-state index in [1.807, 2.05) is 36.7 Å². The van der Waals surface area contributed by atoms with Gasteiger partial charge in [0, 0.05) is 19.3 Å². The first-order valence-corrected chi connectivity index (χ1v) is 9.04. The largest absolute Gasteiger partial charge is 0.467 e. The lowest BCUT2D eigenvalue weighted by molar-refractivity contribution is -0.118. The van der Waals surface area contributed by atoms with Gasteiger partial charge in [-0.3, -0.25) is 14.0 Å². The second-order valence-corrected chi connectivity index (χ2v) is 6.59. The van der Waals surface area contributed by atoms with Crippen molar-refractivity contribution in [2.24, 2.45) is 7.05 Å². The molecule has 0 fully saturated rings. The molecule has 0 bridgehead atoms. The average Bonchev–Trinajstić information content (AvgIpc) is 3.34. The molecule has 0 saturated heterocycles. The molecule has 136 valence electrons. The fraction of sp³-hybridized carbons (Fsp3) is 0.294. The van der Waals surface area contributed by atoms with Gasteiger partial charge in [-0.1, -0.05) is 17.8 Å². The van der Waals surface area contributed by atoms with E-state index in [0.717, 1.165) is 17.1 Å². The molecule has 9 heteroatoms. The molecule has 26 heavy (non-hydrogen) atoms. The predicted octanol–water partition coefficient (Wildman–Crippen LogP) is 2.02. The third kappa shape index (κ3) is 4.05. The molecule has 0 unspecified atom stereocenters. The van der Waals surface area contributed by atoms with Crippen LogP contribution in [0.2, 0.25) is 0 Å². The van der Waals surface area contributed by atoms with Crippen molar-refractivity contribution in [3.63, 3.8) is 0 Å². The molecule has 0 spiro atoms. The molecule has 3 heterocycles. The minimum atomic E-state index is -0.0855. The lowest BCUT2D eigenvalue weighted by atomic mass is 10.3. The van der Waals surface area contributed by atoms with E-state index in [1.165, 1.54) is 11.8 Å². The van der Waals surface area contributed by atoms with Gasteiger partial charge in [0.2, 0.25) is 5.91 Å². The zero-order valence-corrected chi connectivity index (χ0v) is 15.5. The summed E-state index contributed by atoms with van der Waals surface area (Å²) in [5.74, 6) is 1.57. The highest BCUT2D eigenvalue weighted by Gasteiger charge is 2.19. The van der Waals surface area contributed by atoms with Gasteiger partial charge in [-0.25, -0.2) is 0 Å². The first-order chi connectivity index (χ1) is 12.6. The molecule has 3 aromatic rings. The monoisotopic (exact) mass is 372 g/mol. The maximum atomic E-state index is 11.9. The number of nitrogens with one attached hydrogen (secondary N) is 1. The SMILES string of the molecule is C=CCNC(=O)CSc1nnc(-c2cc(C)n(C)n2)n1Cc1ccco1. The van der Waals surface area contributed by atoms with E-state index in [1.54, 1.807) is 17.0 Å². The molecule has 0 radical (unpaired) electrons. The van der Waals surface area contributed by atoms with E-state index in [2.05, 4.69) is 27.2 Å². The molecular formula is C17H20N6O2S. The Labute approximate surface area is 155 Å². The second kappa shape index (κ2) is 8.05. The molecule has 1 amide bonds. The molecule has 0 aromatic carbocycles. The van der Waals surface area contributed by atoms with Crippen LogP contribution < -0.4 is 5.32 Å². The van der Waals surface area contributed by atoms with Crippen LogP contribution in [-0.2, 0) is 18.4 Å². The molecule has 0 aliphatic heterocycles. The standard InChI is InChI=1S/C17H20N6O2S/c1-4-7-18-15(24)11-26-17-20-19-16(14-9-12(2)22(3)21-14)23(17)10-13-6-5-8-25-13/h4-6,8-9H,1,7,10-11H2,2-3H3,(H,18,24). The maximum absolute atomic E-state index is 11.9. The Morgan fingerprint density at radius 2 is 2.31 bits per heavy atom. The topological polar surface area (TPSA) is 90.8 Å². The molecule has 0 saturated carbocycles. The lowest BCUT2D eigenvalue weighted by Gasteiger charge is -2.07. The highest BCUT2D eigenvalue weighted by molar-refractivity contribution is 7.99. The van der Waals surface area contributed by atoms with E-state index in [-0.39, 0.29) is 11.7 Å². The number of aromatic nitrogens is 5. The van der Waals surface area contributed by atoms with Crippen LogP contribution in [-0.4, -0.2) is 42.7 Å². The van der Waals surface area contributed by atoms with Gasteiger partial charge in [0.25, 0.3) is 0 Å². The van der Waals surface area contributed by atoms with Gasteiger partial charge < -0.3 is 9.73 Å². The maximum Gasteiger partial charge on any atom is 0.230 e. The predicted molar refractivity (Wildman–Crippen MR) is 98.7 cm³/mol. The van der Waals surface area contributed by atoms with Crippen LogP contribution in [0.15, 0.2) is 46.7 Å². The van der Waals surface area contributed by atoms with Crippen molar-refractivity contribution >= 4 is 17.7 Å². The number of carbonyl (C=O) groups is 1. The minimum Gasteiger partial charge on any atom is -0.467 e. The summed E-state index contributed by atoms with van der Waals surface area (Å²) in [4.78, 5) is 11.9. The van der Waals surface area contributed by atoms with Gasteiger partial charge in [0.15, 0.2) is 11.0 Å². The van der Waals surface area contributed by atoms with Crippen molar-refractivity contribution in [3.05, 3.63) is 48.6 Å². The van der Waals surface area contributed by atoms with Crippen LogP contribution in [0.4, 0.5) is 0 Å². The number of aryl methyl sites for hydroxylation is 2. The Morgan fingerprint density at radius 1 is 1.46 bits per heavy atom. The van der Waals surface area contributed by atoms with Gasteiger partial charge in [-0.2, -0.15) is 5.10 Å². The molecule has 0 atom stereocenters. The summed E-state index contributed by atoms with van der Waals surface area (Å²) in [6.45, 7) is 6.46. The third-order valence-corrected chi connectivity index (χ3v) is 4.70. The second-order valence-electron chi connectivity index (χ2n) is 5.65. The lowest BCUT2D eigenvalue weighted by Crippen LogP contribution is -2.25. The van der Waals surface area contributed by atoms with Crippen molar-refractivity contribution in [2.45, 2.75) is 18.6 Å². The average molecular weight is 372 g/mol. The molecule has 0 aliphatic carbocycles. The smallest absolute Gasteiger partial charge is 0.230 e. The summed E-state index contributed by atoms with van der Waals surface area (Å²) >= 11 is 1.32. The van der Waals surface area contributed by atoms with Gasteiger partial charge in [0.05, 0.1) is 18.6 Å². The minimum absolute atomic E-state index is 0.0855. The van der Waals surface area contributed by atoms with Crippen LogP contribution in [0.5, 0.6) is 0 Å². The fourth-order valence-corrected chi connectivity index (χ4v) is 3.09. The number of nitrogens with zero attached hydrogens (tertiary/aromatic N) is 5. The van der Waals surface area contributed by atoms with Crippen LogP contribution in [0.25, 0.3) is 11.5 Å². The van der Waals surface area contributed by atoms with E-state index < -0.39 is 0 Å². The van der Waals surface area contributed by atoms with Gasteiger partial charge in [-0.15, -0.1) is 16.8 Å². The Bertz CT molecular complexity index is 877. The summed E-state index contributed by atoms with van der Waals surface area (Å²) in [5, 5.41) is 16.4. The zero-order valence-electron chi connectivity index (χ0n) is 14.7. The van der Waals surface area contributed by atoms with Crippen LogP contribution >= 0.6 is 11.8 Å². The first-order valence-electron chi connectivity index (χ1n) is 8.05. The van der Waals surface area contributed by atoms with Crippen molar-refractivity contribution in [1.29, 1.82) is 0 Å². The molecule has 3 rings (SSSR count). The number of furan rings is 1. The summed E-state index contributed by atoms with van der Waals surface area (Å²) < 4.78 is 9.16. The van der Waals surface area contributed by atoms with E-state index in [0.29, 0.717) is 24.1 Å². The number of carbonyl (C=O) groups excluding carboxylic acids is 1. The molecular weight excluding hydrogens is 352 g/mol. The van der Waals surface area contributed by atoms with E-state index in [4.69, 9.17) is 4.42 Å². The number of amides is 1. The first kappa shape index (κ1) is 18.0. The Morgan fingerprint density at radius 3 is 2.96 bits per heavy atom. The summed E-state index contributed by atoms with van der Waals surface area (Å²) in [6, 6.07) is 5.67. The fourth-order valence-electron chi connectivity index (χ4n) is 2.32. The molecule has 3 aromatic heterocycles. The number of rotatable bonds is 8. The number of hydrogen-bond donors (Lipinski definition) is 1. The van der Waals surface area contributed by atoms with Gasteiger partial charge in [0.1, 0.15) is 11.5 Å². The van der Waals surface area contributed by atoms with Gasteiger partial charge in [-0.05, 0) is 25.1 Å². The van der Waals surface area contributed by atoms with Gasteiger partial charge >= 0.3 is 0 Å². The van der Waals surface area contributed by atoms with Crippen LogP contribution in [0.3, 0.4) is 0 Å². The number of hydrogen-bond acceptors (Lipinski definition) is 6. The quantitative estimate of drug-likeness (QED) is 0.481. The highest BCUT2D eigenvalue weighted by atomic mass is 32.2. The van der Waals surface area contributed by atoms with Crippen molar-refractivity contribution in [1.82, 2.24) is 29.9 Å². The van der Waals surface area contributed by atoms with Crippen molar-refractivity contribution in [2.75, 3.05) is 12.3 Å². The Hall–Kier alpha value is -2.81. The summed E-state index contributed by atoms with van der Waals surface area (Å²) in [6.07, 6.45) is 3.27. The molecule has 8 nitrogen and oxygen atoms in total. The highest BCUT2D eigenvalue weighted by Crippen LogP contribution is 2.25. The third-order valence-electron chi connectivity index (χ3n) is 3.73.